The molecular formula is C10H18N4. The summed E-state index contributed by atoms with van der Waals surface area (Å²) in [5.41, 5.74) is 0. The molecule has 4 heteroatoms. The topological polar surface area (TPSA) is 42.7 Å². The summed E-state index contributed by atoms with van der Waals surface area (Å²) in [4.78, 5) is 4.30. The molecule has 0 radical (unpaired) electrons. The lowest BCUT2D eigenvalue weighted by molar-refractivity contribution is 0.407. The first-order valence-corrected chi connectivity index (χ1v) is 5.26. The Morgan fingerprint density at radius 2 is 2.21 bits per heavy atom. The van der Waals surface area contributed by atoms with E-state index in [1.807, 2.05) is 25.6 Å². The van der Waals surface area contributed by atoms with Crippen LogP contribution in [0.25, 0.3) is 0 Å². The van der Waals surface area contributed by atoms with Crippen molar-refractivity contribution in [2.75, 3.05) is 7.05 Å². The second-order valence-electron chi connectivity index (χ2n) is 4.12. The van der Waals surface area contributed by atoms with E-state index in [1.54, 1.807) is 0 Å². The molecule has 1 aromatic heterocycles. The van der Waals surface area contributed by atoms with Gasteiger partial charge in [-0.25, -0.2) is 9.67 Å². The highest BCUT2D eigenvalue weighted by Crippen LogP contribution is 2.33. The summed E-state index contributed by atoms with van der Waals surface area (Å²) in [6.07, 6.45) is 2.72. The molecule has 1 heterocycles. The summed E-state index contributed by atoms with van der Waals surface area (Å²) in [7, 11) is 2.03. The summed E-state index contributed by atoms with van der Waals surface area (Å²) in [6, 6.07) is 0.565. The molecule has 2 rings (SSSR count). The van der Waals surface area contributed by atoms with E-state index in [2.05, 4.69) is 15.4 Å². The minimum absolute atomic E-state index is 0.565. The van der Waals surface area contributed by atoms with Crippen molar-refractivity contribution < 1.29 is 0 Å². The normalized spacial score (nSPS) is 18.5. The van der Waals surface area contributed by atoms with E-state index >= 15 is 0 Å². The van der Waals surface area contributed by atoms with Crippen LogP contribution in [0.3, 0.4) is 0 Å². The minimum atomic E-state index is 0.565. The van der Waals surface area contributed by atoms with E-state index in [0.717, 1.165) is 24.1 Å². The zero-order chi connectivity index (χ0) is 10.1. The second kappa shape index (κ2) is 3.69. The zero-order valence-corrected chi connectivity index (χ0v) is 9.12. The largest absolute Gasteiger partial charge is 0.315 e. The van der Waals surface area contributed by atoms with E-state index in [1.165, 1.54) is 12.8 Å². The Labute approximate surface area is 84.7 Å². The van der Waals surface area contributed by atoms with Crippen LogP contribution >= 0.6 is 0 Å². The van der Waals surface area contributed by atoms with Gasteiger partial charge in [0, 0.05) is 6.04 Å². The van der Waals surface area contributed by atoms with E-state index in [4.69, 9.17) is 0 Å². The predicted octanol–water partition coefficient (Wildman–Crippen LogP) is 0.893. The standard InChI is InChI=1S/C10H18N4/c1-7-12-8(2)14(13-7)6-10(11-3)9-4-5-9/h9-11H,4-6H2,1-3H3. The fourth-order valence-electron chi connectivity index (χ4n) is 1.90. The van der Waals surface area contributed by atoms with Crippen LogP contribution in [0.2, 0.25) is 0 Å². The van der Waals surface area contributed by atoms with Gasteiger partial charge in [0.2, 0.25) is 0 Å². The van der Waals surface area contributed by atoms with Crippen molar-refractivity contribution in [2.24, 2.45) is 5.92 Å². The molecule has 1 unspecified atom stereocenters. The molecule has 1 fully saturated rings. The zero-order valence-electron chi connectivity index (χ0n) is 9.12. The Hall–Kier alpha value is -0.900. The highest BCUT2D eigenvalue weighted by atomic mass is 15.3. The van der Waals surface area contributed by atoms with E-state index in [0.29, 0.717) is 6.04 Å². The van der Waals surface area contributed by atoms with Crippen LogP contribution in [0.15, 0.2) is 0 Å². The number of likely N-dealkylation sites (N-methyl/N-ethyl adjacent to an activating group) is 1. The lowest BCUT2D eigenvalue weighted by Gasteiger charge is -2.15. The predicted molar refractivity (Wildman–Crippen MR) is 55.1 cm³/mol. The van der Waals surface area contributed by atoms with Gasteiger partial charge >= 0.3 is 0 Å². The minimum Gasteiger partial charge on any atom is -0.315 e. The monoisotopic (exact) mass is 194 g/mol. The summed E-state index contributed by atoms with van der Waals surface area (Å²) >= 11 is 0. The average Bonchev–Trinajstić information content (AvgIpc) is 2.91. The molecule has 0 aliphatic heterocycles. The third-order valence-corrected chi connectivity index (χ3v) is 2.89. The molecule has 4 nitrogen and oxygen atoms in total. The molecule has 0 spiro atoms. The third kappa shape index (κ3) is 1.95. The highest BCUT2D eigenvalue weighted by molar-refractivity contribution is 4.91. The van der Waals surface area contributed by atoms with Crippen LogP contribution in [0.4, 0.5) is 0 Å². The van der Waals surface area contributed by atoms with Crippen molar-refractivity contribution in [1.29, 1.82) is 0 Å². The van der Waals surface area contributed by atoms with Crippen molar-refractivity contribution in [2.45, 2.75) is 39.3 Å². The summed E-state index contributed by atoms with van der Waals surface area (Å²) in [5, 5.41) is 7.73. The van der Waals surface area contributed by atoms with Crippen molar-refractivity contribution >= 4 is 0 Å². The number of aromatic nitrogens is 3. The Morgan fingerprint density at radius 3 is 2.64 bits per heavy atom. The maximum absolute atomic E-state index is 4.37. The van der Waals surface area contributed by atoms with Crippen LogP contribution in [0.5, 0.6) is 0 Å². The maximum Gasteiger partial charge on any atom is 0.147 e. The Balaban J connectivity index is 2.04. The molecule has 0 saturated heterocycles. The van der Waals surface area contributed by atoms with E-state index in [-0.39, 0.29) is 0 Å². The first kappa shape index (κ1) is 9.65. The Morgan fingerprint density at radius 1 is 1.50 bits per heavy atom. The second-order valence-corrected chi connectivity index (χ2v) is 4.12. The van der Waals surface area contributed by atoms with Crippen LogP contribution in [-0.2, 0) is 6.54 Å². The fourth-order valence-corrected chi connectivity index (χ4v) is 1.90. The quantitative estimate of drug-likeness (QED) is 0.774. The van der Waals surface area contributed by atoms with Gasteiger partial charge in [-0.05, 0) is 39.7 Å². The van der Waals surface area contributed by atoms with Crippen LogP contribution in [0, 0.1) is 19.8 Å². The molecule has 1 aliphatic rings. The highest BCUT2D eigenvalue weighted by Gasteiger charge is 2.30. The molecule has 78 valence electrons. The molecular weight excluding hydrogens is 176 g/mol. The van der Waals surface area contributed by atoms with Gasteiger partial charge < -0.3 is 5.32 Å². The van der Waals surface area contributed by atoms with E-state index in [9.17, 15) is 0 Å². The van der Waals surface area contributed by atoms with Gasteiger partial charge in [-0.2, -0.15) is 5.10 Å². The van der Waals surface area contributed by atoms with Gasteiger partial charge in [0.05, 0.1) is 6.54 Å². The lowest BCUT2D eigenvalue weighted by Crippen LogP contribution is -2.32. The summed E-state index contributed by atoms with van der Waals surface area (Å²) in [5.74, 6) is 2.74. The van der Waals surface area contributed by atoms with Gasteiger partial charge in [0.15, 0.2) is 0 Å². The molecule has 14 heavy (non-hydrogen) atoms. The molecule has 0 bridgehead atoms. The number of nitrogens with one attached hydrogen (secondary N) is 1. The van der Waals surface area contributed by atoms with E-state index < -0.39 is 0 Å². The van der Waals surface area contributed by atoms with Gasteiger partial charge in [-0.15, -0.1) is 0 Å². The number of aryl methyl sites for hydroxylation is 2. The molecule has 1 saturated carbocycles. The number of hydrogen-bond donors (Lipinski definition) is 1. The number of rotatable bonds is 4. The summed E-state index contributed by atoms with van der Waals surface area (Å²) < 4.78 is 2.01. The summed E-state index contributed by atoms with van der Waals surface area (Å²) in [6.45, 7) is 4.91. The molecule has 0 amide bonds. The third-order valence-electron chi connectivity index (χ3n) is 2.89. The maximum atomic E-state index is 4.37. The number of hydrogen-bond acceptors (Lipinski definition) is 3. The van der Waals surface area contributed by atoms with Crippen LogP contribution in [-0.4, -0.2) is 27.9 Å². The first-order valence-electron chi connectivity index (χ1n) is 5.26. The molecule has 1 aromatic rings. The smallest absolute Gasteiger partial charge is 0.147 e. The fraction of sp³-hybridized carbons (Fsp3) is 0.800. The van der Waals surface area contributed by atoms with Crippen molar-refractivity contribution in [3.05, 3.63) is 11.6 Å². The van der Waals surface area contributed by atoms with Crippen molar-refractivity contribution in [1.82, 2.24) is 20.1 Å². The number of nitrogens with zero attached hydrogens (tertiary/aromatic N) is 3. The molecule has 1 atom stereocenters. The molecule has 1 aliphatic carbocycles. The van der Waals surface area contributed by atoms with Gasteiger partial charge in [0.1, 0.15) is 11.6 Å². The van der Waals surface area contributed by atoms with Gasteiger partial charge in [0.25, 0.3) is 0 Å². The SMILES string of the molecule is CNC(Cn1nc(C)nc1C)C1CC1. The van der Waals surface area contributed by atoms with Crippen molar-refractivity contribution in [3.8, 4) is 0 Å². The first-order chi connectivity index (χ1) is 6.70. The van der Waals surface area contributed by atoms with Crippen LogP contribution < -0.4 is 5.32 Å². The lowest BCUT2D eigenvalue weighted by atomic mass is 10.2. The van der Waals surface area contributed by atoms with Gasteiger partial charge in [-0.1, -0.05) is 0 Å². The Kier molecular flexibility index (Phi) is 2.54. The molecule has 1 N–H and O–H groups in total. The van der Waals surface area contributed by atoms with Gasteiger partial charge in [-0.3, -0.25) is 0 Å². The van der Waals surface area contributed by atoms with Crippen LogP contribution in [0.1, 0.15) is 24.5 Å². The average molecular weight is 194 g/mol. The molecule has 0 aromatic carbocycles. The van der Waals surface area contributed by atoms with Crippen molar-refractivity contribution in [3.63, 3.8) is 0 Å². The Bertz CT molecular complexity index is 314.